The molecule has 4 nitrogen and oxygen atoms in total. The molecule has 2 rings (SSSR count). The second kappa shape index (κ2) is 7.24. The third-order valence-electron chi connectivity index (χ3n) is 2.85. The van der Waals surface area contributed by atoms with Crippen LogP contribution in [-0.2, 0) is 4.79 Å². The molecule has 0 saturated heterocycles. The van der Waals surface area contributed by atoms with Crippen LogP contribution in [0, 0.1) is 0 Å². The van der Waals surface area contributed by atoms with E-state index < -0.39 is 6.61 Å². The number of benzene rings is 1. The summed E-state index contributed by atoms with van der Waals surface area (Å²) in [6, 6.07) is 3.17. The second-order valence-corrected chi connectivity index (χ2v) is 5.49. The zero-order chi connectivity index (χ0) is 15.4. The Bertz CT molecular complexity index is 502. The van der Waals surface area contributed by atoms with Crippen molar-refractivity contribution in [3.8, 4) is 5.75 Å². The van der Waals surface area contributed by atoms with Crippen LogP contribution in [0.2, 0.25) is 10.0 Å². The molecule has 1 aliphatic rings. The van der Waals surface area contributed by atoms with Gasteiger partial charge in [0.15, 0.2) is 5.75 Å². The van der Waals surface area contributed by atoms with Crippen LogP contribution in [0.4, 0.5) is 14.5 Å². The minimum Gasteiger partial charge on any atom is -0.432 e. The quantitative estimate of drug-likeness (QED) is 0.797. The van der Waals surface area contributed by atoms with Gasteiger partial charge in [-0.15, -0.1) is 0 Å². The van der Waals surface area contributed by atoms with Gasteiger partial charge in [-0.1, -0.05) is 23.2 Å². The monoisotopic (exact) mass is 338 g/mol. The lowest BCUT2D eigenvalue weighted by Crippen LogP contribution is -2.23. The number of anilines is 1. The van der Waals surface area contributed by atoms with Crippen molar-refractivity contribution in [3.05, 3.63) is 22.2 Å². The van der Waals surface area contributed by atoms with Crippen LogP contribution in [-0.4, -0.2) is 25.1 Å². The summed E-state index contributed by atoms with van der Waals surface area (Å²) in [4.78, 5) is 11.7. The molecule has 2 N–H and O–H groups in total. The van der Waals surface area contributed by atoms with Crippen molar-refractivity contribution in [1.29, 1.82) is 0 Å². The summed E-state index contributed by atoms with van der Waals surface area (Å²) < 4.78 is 28.6. The maximum atomic E-state index is 12.2. The van der Waals surface area contributed by atoms with Crippen molar-refractivity contribution < 1.29 is 18.3 Å². The number of amides is 1. The molecular formula is C13H14Cl2F2N2O2. The topological polar surface area (TPSA) is 50.4 Å². The molecule has 21 heavy (non-hydrogen) atoms. The van der Waals surface area contributed by atoms with Gasteiger partial charge in [0.1, 0.15) is 0 Å². The van der Waals surface area contributed by atoms with Gasteiger partial charge in [-0.05, 0) is 25.0 Å². The van der Waals surface area contributed by atoms with Gasteiger partial charge in [0.25, 0.3) is 0 Å². The summed E-state index contributed by atoms with van der Waals surface area (Å²) in [6.07, 6.45) is 2.61. The molecule has 1 saturated carbocycles. The van der Waals surface area contributed by atoms with Crippen molar-refractivity contribution >= 4 is 34.8 Å². The Balaban J connectivity index is 1.91. The molecule has 0 spiro atoms. The molecular weight excluding hydrogens is 325 g/mol. The molecule has 1 aliphatic carbocycles. The van der Waals surface area contributed by atoms with Crippen LogP contribution < -0.4 is 15.4 Å². The molecule has 0 bridgehead atoms. The largest absolute Gasteiger partial charge is 0.432 e. The van der Waals surface area contributed by atoms with E-state index in [1.807, 2.05) is 0 Å². The zero-order valence-corrected chi connectivity index (χ0v) is 12.5. The second-order valence-electron chi connectivity index (χ2n) is 4.67. The van der Waals surface area contributed by atoms with Gasteiger partial charge in [0.05, 0.1) is 10.0 Å². The fourth-order valence-corrected chi connectivity index (χ4v) is 2.31. The normalized spacial score (nSPS) is 14.3. The third kappa shape index (κ3) is 5.30. The minimum absolute atomic E-state index is 0.0887. The SMILES string of the molecule is O=C(CCNC1CC1)Nc1cc(Cl)c(OC(F)F)c(Cl)c1. The first kappa shape index (κ1) is 16.3. The van der Waals surface area contributed by atoms with E-state index in [-0.39, 0.29) is 21.7 Å². The van der Waals surface area contributed by atoms with Crippen LogP contribution in [0.15, 0.2) is 12.1 Å². The van der Waals surface area contributed by atoms with Crippen molar-refractivity contribution in [3.63, 3.8) is 0 Å². The Morgan fingerprint density at radius 1 is 1.33 bits per heavy atom. The van der Waals surface area contributed by atoms with E-state index in [0.29, 0.717) is 24.7 Å². The maximum absolute atomic E-state index is 12.2. The highest BCUT2D eigenvalue weighted by atomic mass is 35.5. The Morgan fingerprint density at radius 3 is 2.48 bits per heavy atom. The molecule has 1 aromatic carbocycles. The van der Waals surface area contributed by atoms with Crippen molar-refractivity contribution in [2.45, 2.75) is 31.9 Å². The predicted molar refractivity (Wildman–Crippen MR) is 77.4 cm³/mol. The molecule has 0 radical (unpaired) electrons. The number of alkyl halides is 2. The van der Waals surface area contributed by atoms with E-state index in [2.05, 4.69) is 15.4 Å². The summed E-state index contributed by atoms with van der Waals surface area (Å²) >= 11 is 11.6. The molecule has 1 amide bonds. The lowest BCUT2D eigenvalue weighted by Gasteiger charge is -2.12. The van der Waals surface area contributed by atoms with E-state index in [1.54, 1.807) is 0 Å². The molecule has 0 aliphatic heterocycles. The first-order chi connectivity index (χ1) is 9.95. The fraction of sp³-hybridized carbons (Fsp3) is 0.462. The zero-order valence-electron chi connectivity index (χ0n) is 11.0. The molecule has 0 unspecified atom stereocenters. The van der Waals surface area contributed by atoms with Crippen molar-refractivity contribution in [1.82, 2.24) is 5.32 Å². The first-order valence-corrected chi connectivity index (χ1v) is 7.18. The van der Waals surface area contributed by atoms with E-state index >= 15 is 0 Å². The predicted octanol–water partition coefficient (Wildman–Crippen LogP) is 3.68. The highest BCUT2D eigenvalue weighted by molar-refractivity contribution is 6.37. The van der Waals surface area contributed by atoms with Crippen molar-refractivity contribution in [2.75, 3.05) is 11.9 Å². The molecule has 8 heteroatoms. The smallest absolute Gasteiger partial charge is 0.387 e. The third-order valence-corrected chi connectivity index (χ3v) is 3.41. The highest BCUT2D eigenvalue weighted by Gasteiger charge is 2.20. The number of carbonyl (C=O) groups is 1. The minimum atomic E-state index is -3.02. The van der Waals surface area contributed by atoms with Gasteiger partial charge in [-0.2, -0.15) is 8.78 Å². The Morgan fingerprint density at radius 2 is 1.95 bits per heavy atom. The highest BCUT2D eigenvalue weighted by Crippen LogP contribution is 2.36. The van der Waals surface area contributed by atoms with Gasteiger partial charge in [-0.3, -0.25) is 4.79 Å². The van der Waals surface area contributed by atoms with E-state index in [9.17, 15) is 13.6 Å². The maximum Gasteiger partial charge on any atom is 0.387 e. The molecule has 0 aromatic heterocycles. The number of rotatable bonds is 7. The summed E-state index contributed by atoms with van der Waals surface area (Å²) in [5.74, 6) is -0.514. The van der Waals surface area contributed by atoms with Crippen LogP contribution in [0.25, 0.3) is 0 Å². The summed E-state index contributed by atoms with van der Waals surface area (Å²) in [7, 11) is 0. The summed E-state index contributed by atoms with van der Waals surface area (Å²) in [5.41, 5.74) is 0.336. The summed E-state index contributed by atoms with van der Waals surface area (Å²) in [5, 5.41) is 5.64. The average molecular weight is 339 g/mol. The van der Waals surface area contributed by atoms with E-state index in [4.69, 9.17) is 23.2 Å². The standard InChI is InChI=1S/C13H14Cl2F2N2O2/c14-9-5-8(6-10(15)12(9)21-13(16)17)19-11(20)3-4-18-7-1-2-7/h5-7,13,18H,1-4H2,(H,19,20). The van der Waals surface area contributed by atoms with Gasteiger partial charge < -0.3 is 15.4 Å². The molecule has 116 valence electrons. The van der Waals surface area contributed by atoms with Crippen LogP contribution in [0.1, 0.15) is 19.3 Å². The molecule has 0 heterocycles. The number of ether oxygens (including phenoxy) is 1. The number of hydrogen-bond acceptors (Lipinski definition) is 3. The molecule has 1 fully saturated rings. The number of hydrogen-bond donors (Lipinski definition) is 2. The Hall–Kier alpha value is -1.11. The Labute approximate surface area is 130 Å². The van der Waals surface area contributed by atoms with Gasteiger partial charge in [0.2, 0.25) is 5.91 Å². The van der Waals surface area contributed by atoms with Crippen LogP contribution in [0.3, 0.4) is 0 Å². The fourth-order valence-electron chi connectivity index (χ4n) is 1.73. The van der Waals surface area contributed by atoms with Crippen molar-refractivity contribution in [2.24, 2.45) is 0 Å². The van der Waals surface area contributed by atoms with Gasteiger partial charge in [0, 0.05) is 24.7 Å². The lowest BCUT2D eigenvalue weighted by molar-refractivity contribution is -0.116. The number of nitrogens with one attached hydrogen (secondary N) is 2. The van der Waals surface area contributed by atoms with Gasteiger partial charge in [-0.25, -0.2) is 0 Å². The molecule has 0 atom stereocenters. The lowest BCUT2D eigenvalue weighted by atomic mass is 10.3. The van der Waals surface area contributed by atoms with Crippen LogP contribution in [0.5, 0.6) is 5.75 Å². The van der Waals surface area contributed by atoms with E-state index in [1.165, 1.54) is 12.1 Å². The Kier molecular flexibility index (Phi) is 5.61. The first-order valence-electron chi connectivity index (χ1n) is 6.43. The molecule has 1 aromatic rings. The van der Waals surface area contributed by atoms with Crippen LogP contribution >= 0.6 is 23.2 Å². The van der Waals surface area contributed by atoms with Gasteiger partial charge >= 0.3 is 6.61 Å². The van der Waals surface area contributed by atoms with E-state index in [0.717, 1.165) is 12.8 Å². The number of carbonyl (C=O) groups excluding carboxylic acids is 1. The average Bonchev–Trinajstić information content (AvgIpc) is 3.17. The number of halogens is 4. The summed E-state index contributed by atoms with van der Waals surface area (Å²) in [6.45, 7) is -2.43.